The topological polar surface area (TPSA) is 12.0 Å². The first kappa shape index (κ1) is 13.4. The molecule has 1 saturated heterocycles. The van der Waals surface area contributed by atoms with Gasteiger partial charge in [0.25, 0.3) is 0 Å². The van der Waals surface area contributed by atoms with E-state index >= 15 is 0 Å². The van der Waals surface area contributed by atoms with Gasteiger partial charge in [-0.1, -0.05) is 41.8 Å². The minimum atomic E-state index is -0.427. The van der Waals surface area contributed by atoms with Crippen LogP contribution in [0.5, 0.6) is 0 Å². The summed E-state index contributed by atoms with van der Waals surface area (Å²) in [6, 6.07) is 3.24. The summed E-state index contributed by atoms with van der Waals surface area (Å²) >= 11 is 11.8. The highest BCUT2D eigenvalue weighted by Crippen LogP contribution is 2.38. The summed E-state index contributed by atoms with van der Waals surface area (Å²) in [5.74, 6) is 1.11. The van der Waals surface area contributed by atoms with E-state index in [9.17, 15) is 4.39 Å². The normalized spacial score (nSPS) is 30.2. The number of rotatable bonds is 2. The Kier molecular flexibility index (Phi) is 3.84. The lowest BCUT2D eigenvalue weighted by atomic mass is 9.93. The van der Waals surface area contributed by atoms with E-state index in [1.807, 2.05) is 6.08 Å². The zero-order valence-electron chi connectivity index (χ0n) is 10.5. The minimum absolute atomic E-state index is 0.0667. The molecule has 2 aliphatic rings. The van der Waals surface area contributed by atoms with E-state index < -0.39 is 5.82 Å². The van der Waals surface area contributed by atoms with E-state index in [4.69, 9.17) is 23.2 Å². The molecule has 1 heterocycles. The maximum Gasteiger partial charge on any atom is 0.142 e. The third-order valence-corrected chi connectivity index (χ3v) is 4.93. The number of hydrogen-bond donors (Lipinski definition) is 1. The molecule has 19 heavy (non-hydrogen) atoms. The Balaban J connectivity index is 1.78. The average molecular weight is 300 g/mol. The lowest BCUT2D eigenvalue weighted by Gasteiger charge is -2.13. The first-order valence-electron chi connectivity index (χ1n) is 6.71. The molecule has 1 aliphatic heterocycles. The number of nitrogens with one attached hydrogen (secondary N) is 1. The van der Waals surface area contributed by atoms with Crippen LogP contribution in [0, 0.1) is 17.7 Å². The fraction of sp³-hybridized carbons (Fsp3) is 0.467. The molecule has 1 aromatic carbocycles. The smallest absolute Gasteiger partial charge is 0.142 e. The SMILES string of the molecule is Fc1cc(/C=C/C2NCC3CCCC32)c(Cl)cc1Cl. The van der Waals surface area contributed by atoms with Gasteiger partial charge < -0.3 is 5.32 Å². The summed E-state index contributed by atoms with van der Waals surface area (Å²) in [7, 11) is 0. The van der Waals surface area contributed by atoms with Gasteiger partial charge in [-0.2, -0.15) is 0 Å². The fourth-order valence-electron chi connectivity index (χ4n) is 3.31. The van der Waals surface area contributed by atoms with Gasteiger partial charge in [0, 0.05) is 11.1 Å². The van der Waals surface area contributed by atoms with Crippen molar-refractivity contribution in [1.82, 2.24) is 5.32 Å². The summed E-state index contributed by atoms with van der Waals surface area (Å²) < 4.78 is 13.4. The van der Waals surface area contributed by atoms with Gasteiger partial charge in [0.05, 0.1) is 5.02 Å². The Bertz CT molecular complexity index is 515. The fourth-order valence-corrected chi connectivity index (χ4v) is 3.76. The Labute approximate surface area is 122 Å². The van der Waals surface area contributed by atoms with Crippen LogP contribution in [0.2, 0.25) is 10.0 Å². The van der Waals surface area contributed by atoms with Crippen LogP contribution in [-0.4, -0.2) is 12.6 Å². The molecule has 0 aromatic heterocycles. The van der Waals surface area contributed by atoms with Crippen molar-refractivity contribution in [1.29, 1.82) is 0 Å². The van der Waals surface area contributed by atoms with E-state index in [-0.39, 0.29) is 5.02 Å². The van der Waals surface area contributed by atoms with Crippen molar-refractivity contribution in [3.05, 3.63) is 39.6 Å². The Morgan fingerprint density at radius 2 is 2.05 bits per heavy atom. The van der Waals surface area contributed by atoms with E-state index in [1.54, 1.807) is 0 Å². The van der Waals surface area contributed by atoms with Crippen molar-refractivity contribution in [3.8, 4) is 0 Å². The molecule has 3 rings (SSSR count). The second kappa shape index (κ2) is 5.43. The maximum absolute atomic E-state index is 13.4. The van der Waals surface area contributed by atoms with Gasteiger partial charge in [-0.25, -0.2) is 4.39 Å². The van der Waals surface area contributed by atoms with Crippen LogP contribution in [-0.2, 0) is 0 Å². The lowest BCUT2D eigenvalue weighted by molar-refractivity contribution is 0.456. The highest BCUT2D eigenvalue weighted by molar-refractivity contribution is 6.35. The van der Waals surface area contributed by atoms with E-state index in [0.29, 0.717) is 16.6 Å². The second-order valence-corrected chi connectivity index (χ2v) is 6.25. The predicted octanol–water partition coefficient (Wildman–Crippen LogP) is 4.53. The van der Waals surface area contributed by atoms with Crippen LogP contribution < -0.4 is 5.32 Å². The van der Waals surface area contributed by atoms with Gasteiger partial charge in [0.1, 0.15) is 5.82 Å². The minimum Gasteiger partial charge on any atom is -0.310 e. The van der Waals surface area contributed by atoms with Crippen molar-refractivity contribution >= 4 is 29.3 Å². The quantitative estimate of drug-likeness (QED) is 0.791. The number of benzene rings is 1. The molecule has 0 bridgehead atoms. The van der Waals surface area contributed by atoms with Crippen molar-refractivity contribution in [2.24, 2.45) is 11.8 Å². The van der Waals surface area contributed by atoms with Crippen LogP contribution in [0.3, 0.4) is 0 Å². The van der Waals surface area contributed by atoms with E-state index in [2.05, 4.69) is 11.4 Å². The molecule has 1 aliphatic carbocycles. The van der Waals surface area contributed by atoms with Crippen LogP contribution in [0.4, 0.5) is 4.39 Å². The summed E-state index contributed by atoms with van der Waals surface area (Å²) in [5, 5.41) is 4.08. The molecule has 1 nitrogen and oxygen atoms in total. The molecule has 0 amide bonds. The van der Waals surface area contributed by atoms with Crippen LogP contribution in [0.25, 0.3) is 6.08 Å². The summed E-state index contributed by atoms with van der Waals surface area (Å²) in [4.78, 5) is 0. The molecule has 0 radical (unpaired) electrons. The Morgan fingerprint density at radius 1 is 1.21 bits per heavy atom. The summed E-state index contributed by atoms with van der Waals surface area (Å²) in [6.07, 6.45) is 7.97. The van der Waals surface area contributed by atoms with Gasteiger partial charge >= 0.3 is 0 Å². The van der Waals surface area contributed by atoms with Crippen LogP contribution >= 0.6 is 23.2 Å². The zero-order valence-corrected chi connectivity index (χ0v) is 12.0. The first-order chi connectivity index (χ1) is 9.15. The number of hydrogen-bond acceptors (Lipinski definition) is 1. The number of halogens is 3. The molecular formula is C15H16Cl2FN. The Morgan fingerprint density at radius 3 is 2.89 bits per heavy atom. The zero-order chi connectivity index (χ0) is 13.4. The van der Waals surface area contributed by atoms with Crippen LogP contribution in [0.15, 0.2) is 18.2 Å². The summed E-state index contributed by atoms with van der Waals surface area (Å²) in [6.45, 7) is 1.10. The van der Waals surface area contributed by atoms with E-state index in [0.717, 1.165) is 18.4 Å². The van der Waals surface area contributed by atoms with Crippen molar-refractivity contribution in [3.63, 3.8) is 0 Å². The lowest BCUT2D eigenvalue weighted by Crippen LogP contribution is -2.23. The summed E-state index contributed by atoms with van der Waals surface area (Å²) in [5.41, 5.74) is 0.687. The van der Waals surface area contributed by atoms with E-state index in [1.165, 1.54) is 31.4 Å². The standard InChI is InChI=1S/C15H16Cl2FN/c16-12-7-13(17)14(18)6-9(12)4-5-15-11-3-1-2-10(11)8-19-15/h4-7,10-11,15,19H,1-3,8H2/b5-4+. The molecule has 3 atom stereocenters. The van der Waals surface area contributed by atoms with Crippen LogP contribution in [0.1, 0.15) is 24.8 Å². The molecule has 4 heteroatoms. The third-order valence-electron chi connectivity index (χ3n) is 4.32. The molecule has 1 saturated carbocycles. The van der Waals surface area contributed by atoms with Crippen molar-refractivity contribution in [2.45, 2.75) is 25.3 Å². The molecule has 1 aromatic rings. The third kappa shape index (κ3) is 2.67. The molecule has 2 fully saturated rings. The highest BCUT2D eigenvalue weighted by atomic mass is 35.5. The van der Waals surface area contributed by atoms with Gasteiger partial charge in [-0.05, 0) is 48.9 Å². The molecule has 3 unspecified atom stereocenters. The molecular weight excluding hydrogens is 284 g/mol. The average Bonchev–Trinajstić information content (AvgIpc) is 2.95. The monoisotopic (exact) mass is 299 g/mol. The van der Waals surface area contributed by atoms with Crippen molar-refractivity contribution < 1.29 is 4.39 Å². The largest absolute Gasteiger partial charge is 0.310 e. The predicted molar refractivity (Wildman–Crippen MR) is 78.1 cm³/mol. The van der Waals surface area contributed by atoms with Gasteiger partial charge in [0.15, 0.2) is 0 Å². The van der Waals surface area contributed by atoms with Gasteiger partial charge in [0.2, 0.25) is 0 Å². The maximum atomic E-state index is 13.4. The van der Waals surface area contributed by atoms with Crippen molar-refractivity contribution in [2.75, 3.05) is 6.54 Å². The highest BCUT2D eigenvalue weighted by Gasteiger charge is 2.37. The molecule has 0 spiro atoms. The Hall–Kier alpha value is -0.570. The first-order valence-corrected chi connectivity index (χ1v) is 7.47. The van der Waals surface area contributed by atoms with Gasteiger partial charge in [-0.3, -0.25) is 0 Å². The van der Waals surface area contributed by atoms with Gasteiger partial charge in [-0.15, -0.1) is 0 Å². The second-order valence-electron chi connectivity index (χ2n) is 5.44. The molecule has 102 valence electrons. The molecule has 1 N–H and O–H groups in total. The number of fused-ring (bicyclic) bond motifs is 1.